The molecule has 0 fully saturated rings. The Labute approximate surface area is 118 Å². The van der Waals surface area contributed by atoms with Crippen molar-refractivity contribution < 1.29 is 9.23 Å². The number of oxime groups is 1. The molecular weight excluding hydrogens is 253 g/mol. The van der Waals surface area contributed by atoms with E-state index in [1.807, 2.05) is 19.9 Å². The lowest BCUT2D eigenvalue weighted by molar-refractivity contribution is 0.215. The minimum absolute atomic E-state index is 0.190. The Bertz CT molecular complexity index is 662. The van der Waals surface area contributed by atoms with Gasteiger partial charge in [-0.15, -0.1) is 0 Å². The molecule has 2 aromatic carbocycles. The molecule has 2 rings (SSSR count). The molecular formula is C17H18FNO. The summed E-state index contributed by atoms with van der Waals surface area (Å²) in [5, 5.41) is 3.86. The Balaban J connectivity index is 2.64. The summed E-state index contributed by atoms with van der Waals surface area (Å²) in [6.45, 7) is 5.85. The molecule has 3 heteroatoms. The van der Waals surface area contributed by atoms with Crippen LogP contribution in [0.25, 0.3) is 11.1 Å². The molecule has 0 atom stereocenters. The first-order valence-electron chi connectivity index (χ1n) is 6.47. The monoisotopic (exact) mass is 271 g/mol. The highest BCUT2D eigenvalue weighted by atomic mass is 19.1. The van der Waals surface area contributed by atoms with Gasteiger partial charge >= 0.3 is 0 Å². The molecule has 0 spiro atoms. The van der Waals surface area contributed by atoms with Gasteiger partial charge in [-0.2, -0.15) is 0 Å². The molecule has 20 heavy (non-hydrogen) atoms. The van der Waals surface area contributed by atoms with E-state index in [1.54, 1.807) is 19.2 Å². The second-order valence-corrected chi connectivity index (χ2v) is 4.92. The van der Waals surface area contributed by atoms with E-state index in [-0.39, 0.29) is 5.82 Å². The first kappa shape index (κ1) is 14.3. The van der Waals surface area contributed by atoms with Gasteiger partial charge in [0.1, 0.15) is 12.9 Å². The fourth-order valence-corrected chi connectivity index (χ4v) is 2.31. The lowest BCUT2D eigenvalue weighted by atomic mass is 9.93. The van der Waals surface area contributed by atoms with Gasteiger partial charge in [-0.05, 0) is 55.2 Å². The summed E-state index contributed by atoms with van der Waals surface area (Å²) in [5.74, 6) is -0.190. The number of rotatable bonds is 3. The Hall–Kier alpha value is -2.16. The lowest BCUT2D eigenvalue weighted by Gasteiger charge is -2.12. The summed E-state index contributed by atoms with van der Waals surface area (Å²) < 4.78 is 13.4. The average molecular weight is 271 g/mol. The van der Waals surface area contributed by atoms with Crippen LogP contribution in [0.4, 0.5) is 4.39 Å². The van der Waals surface area contributed by atoms with Crippen molar-refractivity contribution in [2.75, 3.05) is 7.11 Å². The van der Waals surface area contributed by atoms with Crippen LogP contribution in [0.3, 0.4) is 0 Å². The van der Waals surface area contributed by atoms with Crippen LogP contribution in [-0.4, -0.2) is 13.3 Å². The van der Waals surface area contributed by atoms with Crippen molar-refractivity contribution in [2.24, 2.45) is 5.16 Å². The fraction of sp³-hybridized carbons (Fsp3) is 0.235. The second-order valence-electron chi connectivity index (χ2n) is 4.92. The zero-order valence-corrected chi connectivity index (χ0v) is 12.2. The Morgan fingerprint density at radius 3 is 2.45 bits per heavy atom. The normalized spacial score (nSPS) is 11.1. The van der Waals surface area contributed by atoms with Crippen molar-refractivity contribution in [1.29, 1.82) is 0 Å². The predicted octanol–water partition coefficient (Wildman–Crippen LogP) is 4.40. The standard InChI is InChI=1S/C17H18FNO/c1-11-7-12(2)16(10-19-20-4)15(8-11)14-5-6-17(18)13(3)9-14/h5-10H,1-4H3/b19-10+. The van der Waals surface area contributed by atoms with Gasteiger partial charge in [-0.1, -0.05) is 28.9 Å². The van der Waals surface area contributed by atoms with E-state index in [0.29, 0.717) is 5.56 Å². The van der Waals surface area contributed by atoms with Crippen LogP contribution in [-0.2, 0) is 4.84 Å². The van der Waals surface area contributed by atoms with Gasteiger partial charge < -0.3 is 4.84 Å². The van der Waals surface area contributed by atoms with Gasteiger partial charge in [0.2, 0.25) is 0 Å². The van der Waals surface area contributed by atoms with Gasteiger partial charge in [-0.25, -0.2) is 4.39 Å². The number of benzene rings is 2. The third kappa shape index (κ3) is 2.87. The molecule has 0 bridgehead atoms. The number of halogens is 1. The smallest absolute Gasteiger partial charge is 0.126 e. The van der Waals surface area contributed by atoms with Gasteiger partial charge in [0, 0.05) is 5.56 Å². The van der Waals surface area contributed by atoms with Crippen LogP contribution < -0.4 is 0 Å². The Morgan fingerprint density at radius 1 is 1.05 bits per heavy atom. The molecule has 0 saturated carbocycles. The maximum atomic E-state index is 13.4. The van der Waals surface area contributed by atoms with E-state index in [2.05, 4.69) is 17.3 Å². The summed E-state index contributed by atoms with van der Waals surface area (Å²) >= 11 is 0. The molecule has 0 unspecified atom stereocenters. The SMILES string of the molecule is CO/N=C/c1c(C)cc(C)cc1-c1ccc(F)c(C)c1. The van der Waals surface area contributed by atoms with E-state index in [1.165, 1.54) is 13.2 Å². The van der Waals surface area contributed by atoms with Gasteiger partial charge in [-0.3, -0.25) is 0 Å². The summed E-state index contributed by atoms with van der Waals surface area (Å²) in [6, 6.07) is 9.32. The quantitative estimate of drug-likeness (QED) is 0.599. The largest absolute Gasteiger partial charge is 0.399 e. The van der Waals surface area contributed by atoms with E-state index in [4.69, 9.17) is 4.84 Å². The lowest BCUT2D eigenvalue weighted by Crippen LogP contribution is -1.96. The zero-order valence-electron chi connectivity index (χ0n) is 12.2. The topological polar surface area (TPSA) is 21.6 Å². The maximum absolute atomic E-state index is 13.4. The number of hydrogen-bond acceptors (Lipinski definition) is 2. The van der Waals surface area contributed by atoms with E-state index in [9.17, 15) is 4.39 Å². The fourth-order valence-electron chi connectivity index (χ4n) is 2.31. The molecule has 2 aromatic rings. The molecule has 0 aliphatic carbocycles. The first-order chi connectivity index (χ1) is 9.52. The molecule has 0 aliphatic rings. The molecule has 0 aliphatic heterocycles. The molecule has 104 valence electrons. The second kappa shape index (κ2) is 5.87. The van der Waals surface area contributed by atoms with Crippen molar-refractivity contribution in [1.82, 2.24) is 0 Å². The summed E-state index contributed by atoms with van der Waals surface area (Å²) in [5.41, 5.74) is 5.91. The van der Waals surface area contributed by atoms with Crippen molar-refractivity contribution in [3.05, 3.63) is 58.4 Å². The van der Waals surface area contributed by atoms with Crippen LogP contribution in [0, 0.1) is 26.6 Å². The Morgan fingerprint density at radius 2 is 1.80 bits per heavy atom. The highest BCUT2D eigenvalue weighted by Crippen LogP contribution is 2.28. The van der Waals surface area contributed by atoms with Crippen LogP contribution in [0.5, 0.6) is 0 Å². The van der Waals surface area contributed by atoms with Crippen molar-refractivity contribution >= 4 is 6.21 Å². The maximum Gasteiger partial charge on any atom is 0.126 e. The third-order valence-corrected chi connectivity index (χ3v) is 3.29. The van der Waals surface area contributed by atoms with Crippen LogP contribution in [0.15, 0.2) is 35.5 Å². The average Bonchev–Trinajstić information content (AvgIpc) is 2.40. The van der Waals surface area contributed by atoms with E-state index < -0.39 is 0 Å². The third-order valence-electron chi connectivity index (χ3n) is 3.29. The molecule has 0 aromatic heterocycles. The van der Waals surface area contributed by atoms with Crippen molar-refractivity contribution in [3.63, 3.8) is 0 Å². The highest BCUT2D eigenvalue weighted by Gasteiger charge is 2.09. The van der Waals surface area contributed by atoms with Crippen molar-refractivity contribution in [2.45, 2.75) is 20.8 Å². The minimum atomic E-state index is -0.190. The van der Waals surface area contributed by atoms with Crippen LogP contribution in [0.1, 0.15) is 22.3 Å². The molecule has 0 radical (unpaired) electrons. The number of hydrogen-bond donors (Lipinski definition) is 0. The van der Waals surface area contributed by atoms with Crippen LogP contribution in [0.2, 0.25) is 0 Å². The summed E-state index contributed by atoms with van der Waals surface area (Å²) in [4.78, 5) is 4.77. The molecule has 0 amide bonds. The zero-order chi connectivity index (χ0) is 14.7. The summed E-state index contributed by atoms with van der Waals surface area (Å²) in [6.07, 6.45) is 1.70. The van der Waals surface area contributed by atoms with Crippen molar-refractivity contribution in [3.8, 4) is 11.1 Å². The van der Waals surface area contributed by atoms with Crippen LogP contribution >= 0.6 is 0 Å². The Kier molecular flexibility index (Phi) is 4.18. The predicted molar refractivity (Wildman–Crippen MR) is 80.7 cm³/mol. The van der Waals surface area contributed by atoms with Gasteiger partial charge in [0.15, 0.2) is 0 Å². The molecule has 0 saturated heterocycles. The van der Waals surface area contributed by atoms with Gasteiger partial charge in [0.25, 0.3) is 0 Å². The first-order valence-corrected chi connectivity index (χ1v) is 6.47. The number of aryl methyl sites for hydroxylation is 3. The van der Waals surface area contributed by atoms with E-state index in [0.717, 1.165) is 27.8 Å². The summed E-state index contributed by atoms with van der Waals surface area (Å²) in [7, 11) is 1.52. The number of nitrogens with zero attached hydrogens (tertiary/aromatic N) is 1. The van der Waals surface area contributed by atoms with E-state index >= 15 is 0 Å². The molecule has 2 nitrogen and oxygen atoms in total. The highest BCUT2D eigenvalue weighted by molar-refractivity contribution is 5.92. The molecule has 0 heterocycles. The molecule has 0 N–H and O–H groups in total. The van der Waals surface area contributed by atoms with Gasteiger partial charge in [0.05, 0.1) is 6.21 Å². The minimum Gasteiger partial charge on any atom is -0.399 e.